The zero-order chi connectivity index (χ0) is 16.6. The third-order valence-corrected chi connectivity index (χ3v) is 5.70. The highest BCUT2D eigenvalue weighted by atomic mass is 79.9. The van der Waals surface area contributed by atoms with Crippen LogP contribution < -0.4 is 21.9 Å². The van der Waals surface area contributed by atoms with Crippen molar-refractivity contribution in [3.63, 3.8) is 0 Å². The number of fused-ring (bicyclic) bond motifs is 2. The van der Waals surface area contributed by atoms with Crippen LogP contribution in [0.25, 0.3) is 0 Å². The fourth-order valence-corrected chi connectivity index (χ4v) is 4.41. The summed E-state index contributed by atoms with van der Waals surface area (Å²) in [7, 11) is 5.45. The van der Waals surface area contributed by atoms with Crippen LogP contribution in [0.3, 0.4) is 0 Å². The normalized spacial score (nSPS) is 16.2. The van der Waals surface area contributed by atoms with Crippen molar-refractivity contribution in [3.05, 3.63) is 47.5 Å². The lowest BCUT2D eigenvalue weighted by atomic mass is 10.2. The summed E-state index contributed by atoms with van der Waals surface area (Å²) in [6.07, 6.45) is 1.05. The molecule has 0 spiro atoms. The number of rotatable bonds is 4. The van der Waals surface area contributed by atoms with Gasteiger partial charge in [-0.2, -0.15) is 0 Å². The zero-order valence-electron chi connectivity index (χ0n) is 14.1. The lowest BCUT2D eigenvalue weighted by Crippen LogP contribution is -3.00. The van der Waals surface area contributed by atoms with Crippen LogP contribution in [0.15, 0.2) is 52.3 Å². The molecule has 0 aromatic heterocycles. The number of halogens is 2. The second-order valence-electron chi connectivity index (χ2n) is 6.87. The largest absolute Gasteiger partial charge is 1.00 e. The molecule has 0 amide bonds. The lowest BCUT2D eigenvalue weighted by Gasteiger charge is -2.33. The van der Waals surface area contributed by atoms with E-state index in [1.165, 1.54) is 0 Å². The minimum atomic E-state index is -1.15. The van der Waals surface area contributed by atoms with E-state index in [-0.39, 0.29) is 17.0 Å². The van der Waals surface area contributed by atoms with Crippen LogP contribution in [0.1, 0.15) is 6.42 Å². The maximum Gasteiger partial charge on any atom is 0.0892 e. The number of hydrogen-bond acceptors (Lipinski definition) is 2. The van der Waals surface area contributed by atoms with Gasteiger partial charge in [0.05, 0.1) is 59.7 Å². The van der Waals surface area contributed by atoms with Gasteiger partial charge >= 0.3 is 0 Å². The Labute approximate surface area is 162 Å². The number of anilines is 2. The first-order valence-corrected chi connectivity index (χ1v) is 9.28. The van der Waals surface area contributed by atoms with E-state index in [4.69, 9.17) is 11.6 Å². The lowest BCUT2D eigenvalue weighted by molar-refractivity contribution is -0.870. The molecular formula is C18H22BrClN2OS. The minimum absolute atomic E-state index is 0. The van der Waals surface area contributed by atoms with Crippen LogP contribution in [0.2, 0.25) is 5.02 Å². The molecular weight excluding hydrogens is 408 g/mol. The Balaban J connectivity index is 0.00000208. The van der Waals surface area contributed by atoms with E-state index in [0.29, 0.717) is 5.02 Å². The number of nitrogens with zero attached hydrogens (tertiary/aromatic N) is 2. The highest BCUT2D eigenvalue weighted by molar-refractivity contribution is 7.85. The number of benzene rings is 2. The Kier molecular flexibility index (Phi) is 6.13. The van der Waals surface area contributed by atoms with Crippen molar-refractivity contribution in [2.75, 3.05) is 39.1 Å². The van der Waals surface area contributed by atoms with Gasteiger partial charge in [-0.05, 0) is 30.3 Å². The first-order chi connectivity index (χ1) is 10.9. The van der Waals surface area contributed by atoms with Gasteiger partial charge < -0.3 is 26.4 Å². The molecule has 130 valence electrons. The van der Waals surface area contributed by atoms with Crippen molar-refractivity contribution < 1.29 is 25.7 Å². The summed E-state index contributed by atoms with van der Waals surface area (Å²) < 4.78 is 13.8. The summed E-state index contributed by atoms with van der Waals surface area (Å²) in [6, 6.07) is 13.6. The average Bonchev–Trinajstić information content (AvgIpc) is 2.49. The summed E-state index contributed by atoms with van der Waals surface area (Å²) in [5, 5.41) is 0.678. The van der Waals surface area contributed by atoms with Crippen LogP contribution in [-0.4, -0.2) is 42.9 Å². The van der Waals surface area contributed by atoms with Crippen LogP contribution in [0.4, 0.5) is 11.4 Å². The van der Waals surface area contributed by atoms with Gasteiger partial charge in [-0.3, -0.25) is 0 Å². The Hall–Kier alpha value is -0.880. The van der Waals surface area contributed by atoms with Gasteiger partial charge in [0.25, 0.3) is 0 Å². The fourth-order valence-electron chi connectivity index (χ4n) is 2.89. The first-order valence-electron chi connectivity index (χ1n) is 7.75. The molecule has 0 aliphatic carbocycles. The molecule has 1 aliphatic rings. The Morgan fingerprint density at radius 2 is 1.71 bits per heavy atom. The van der Waals surface area contributed by atoms with Crippen LogP contribution in [-0.2, 0) is 10.8 Å². The highest BCUT2D eigenvalue weighted by Gasteiger charge is 2.28. The van der Waals surface area contributed by atoms with Gasteiger partial charge in [0, 0.05) is 18.0 Å². The molecule has 3 nitrogen and oxygen atoms in total. The molecule has 0 radical (unpaired) electrons. The Morgan fingerprint density at radius 3 is 2.42 bits per heavy atom. The van der Waals surface area contributed by atoms with Gasteiger partial charge in [-0.1, -0.05) is 23.7 Å². The second kappa shape index (κ2) is 7.56. The quantitative estimate of drug-likeness (QED) is 0.678. The van der Waals surface area contributed by atoms with Crippen molar-refractivity contribution in [2.24, 2.45) is 0 Å². The van der Waals surface area contributed by atoms with E-state index >= 15 is 0 Å². The summed E-state index contributed by atoms with van der Waals surface area (Å²) in [5.74, 6) is 0. The fraction of sp³-hybridized carbons (Fsp3) is 0.333. The molecule has 0 bridgehead atoms. The summed E-state index contributed by atoms with van der Waals surface area (Å²) in [4.78, 5) is 3.99. The molecule has 6 heteroatoms. The van der Waals surface area contributed by atoms with E-state index in [9.17, 15) is 4.21 Å². The van der Waals surface area contributed by atoms with Gasteiger partial charge in [-0.25, -0.2) is 4.21 Å². The van der Waals surface area contributed by atoms with Crippen LogP contribution in [0.5, 0.6) is 0 Å². The van der Waals surface area contributed by atoms with E-state index < -0.39 is 10.8 Å². The van der Waals surface area contributed by atoms with E-state index in [1.54, 1.807) is 0 Å². The molecule has 0 N–H and O–H groups in total. The van der Waals surface area contributed by atoms with E-state index in [2.05, 4.69) is 26.0 Å². The summed E-state index contributed by atoms with van der Waals surface area (Å²) in [5.41, 5.74) is 2.00. The molecule has 0 saturated carbocycles. The molecule has 0 saturated heterocycles. The predicted molar refractivity (Wildman–Crippen MR) is 97.1 cm³/mol. The zero-order valence-corrected chi connectivity index (χ0v) is 17.3. The molecule has 2 aromatic carbocycles. The van der Waals surface area contributed by atoms with Crippen molar-refractivity contribution in [3.8, 4) is 0 Å². The monoisotopic (exact) mass is 428 g/mol. The van der Waals surface area contributed by atoms with Crippen LogP contribution in [0, 0.1) is 0 Å². The number of hydrogen-bond donors (Lipinski definition) is 0. The van der Waals surface area contributed by atoms with Crippen molar-refractivity contribution in [2.45, 2.75) is 16.2 Å². The smallest absolute Gasteiger partial charge is 0.0892 e. The van der Waals surface area contributed by atoms with Gasteiger partial charge in [0.2, 0.25) is 0 Å². The van der Waals surface area contributed by atoms with E-state index in [0.717, 1.165) is 45.2 Å². The third-order valence-electron chi connectivity index (χ3n) is 3.98. The summed E-state index contributed by atoms with van der Waals surface area (Å²) in [6.45, 7) is 1.97. The average molecular weight is 430 g/mol. The number of para-hydroxylation sites is 1. The standard InChI is InChI=1S/C18H22ClN2OS.BrH/c1-21(2,3)12-6-11-20-15-7-4-5-8-17(15)23(22)18-10-9-14(19)13-16(18)20;/h4-5,7-10,13H,6,11-12H2,1-3H3;1H/q+1;/p-1. The highest BCUT2D eigenvalue weighted by Crippen LogP contribution is 2.42. The third kappa shape index (κ3) is 4.02. The van der Waals surface area contributed by atoms with Gasteiger partial charge in [0.15, 0.2) is 0 Å². The Morgan fingerprint density at radius 1 is 1.04 bits per heavy atom. The topological polar surface area (TPSA) is 20.3 Å². The molecule has 3 rings (SSSR count). The summed E-state index contributed by atoms with van der Waals surface area (Å²) >= 11 is 6.19. The van der Waals surface area contributed by atoms with Gasteiger partial charge in [-0.15, -0.1) is 0 Å². The van der Waals surface area contributed by atoms with Crippen molar-refractivity contribution in [1.82, 2.24) is 0 Å². The Bertz CT molecular complexity index is 761. The van der Waals surface area contributed by atoms with E-state index in [1.807, 2.05) is 42.5 Å². The second-order valence-corrected chi connectivity index (χ2v) is 8.72. The molecule has 0 fully saturated rings. The number of quaternary nitrogens is 1. The minimum Gasteiger partial charge on any atom is -1.00 e. The SMILES string of the molecule is C[N+](C)(C)CCCN1c2ccccc2S(=O)c2ccc(Cl)cc21.[Br-]. The first kappa shape index (κ1) is 19.4. The van der Waals surface area contributed by atoms with Gasteiger partial charge in [0.1, 0.15) is 0 Å². The maximum atomic E-state index is 12.8. The molecule has 1 unspecified atom stereocenters. The molecule has 1 aliphatic heterocycles. The predicted octanol–water partition coefficient (Wildman–Crippen LogP) is 1.06. The van der Waals surface area contributed by atoms with Crippen LogP contribution >= 0.6 is 11.6 Å². The maximum absolute atomic E-state index is 12.8. The van der Waals surface area contributed by atoms with Crippen molar-refractivity contribution >= 4 is 33.8 Å². The molecule has 1 atom stereocenters. The molecule has 24 heavy (non-hydrogen) atoms. The van der Waals surface area contributed by atoms with Crippen molar-refractivity contribution in [1.29, 1.82) is 0 Å². The molecule has 2 aromatic rings. The molecule has 1 heterocycles.